The number of benzene rings is 1. The molecule has 2 aromatic rings. The van der Waals surface area contributed by atoms with Crippen molar-refractivity contribution >= 4 is 17.4 Å². The Hall–Kier alpha value is -2.08. The molecule has 0 N–H and O–H groups in total. The first-order valence-electron chi connectivity index (χ1n) is 7.57. The second-order valence-electron chi connectivity index (χ2n) is 5.66. The van der Waals surface area contributed by atoms with Gasteiger partial charge in [-0.3, -0.25) is 4.79 Å². The molecule has 1 aromatic heterocycles. The first-order chi connectivity index (χ1) is 11.1. The third-order valence-electron chi connectivity index (χ3n) is 4.06. The number of ether oxygens (including phenoxy) is 2. The summed E-state index contributed by atoms with van der Waals surface area (Å²) in [5.74, 6) is 1.57. The molecule has 5 nitrogen and oxygen atoms in total. The molecule has 6 heteroatoms. The van der Waals surface area contributed by atoms with Crippen LogP contribution >= 0.6 is 11.5 Å². The van der Waals surface area contributed by atoms with E-state index in [0.29, 0.717) is 18.2 Å². The van der Waals surface area contributed by atoms with Gasteiger partial charge in [0, 0.05) is 17.0 Å². The molecule has 0 bridgehead atoms. The van der Waals surface area contributed by atoms with Gasteiger partial charge in [0.2, 0.25) is 0 Å². The summed E-state index contributed by atoms with van der Waals surface area (Å²) in [6.45, 7) is 2.39. The fourth-order valence-corrected chi connectivity index (χ4v) is 3.28. The lowest BCUT2D eigenvalue weighted by Gasteiger charge is -2.23. The average molecular weight is 332 g/mol. The maximum absolute atomic E-state index is 12.9. The Bertz CT molecular complexity index is 710. The van der Waals surface area contributed by atoms with Crippen molar-refractivity contribution in [1.29, 1.82) is 0 Å². The maximum atomic E-state index is 12.9. The quantitative estimate of drug-likeness (QED) is 0.815. The molecule has 0 saturated heterocycles. The molecule has 1 aliphatic rings. The van der Waals surface area contributed by atoms with E-state index < -0.39 is 0 Å². The van der Waals surface area contributed by atoms with Crippen molar-refractivity contribution in [2.24, 2.45) is 0 Å². The summed E-state index contributed by atoms with van der Waals surface area (Å²) in [6.07, 6.45) is 2.10. The van der Waals surface area contributed by atoms with Crippen LogP contribution in [0.5, 0.6) is 11.5 Å². The lowest BCUT2D eigenvalue weighted by molar-refractivity contribution is 0.0728. The van der Waals surface area contributed by atoms with Crippen molar-refractivity contribution in [2.75, 3.05) is 14.2 Å². The van der Waals surface area contributed by atoms with E-state index in [1.165, 1.54) is 11.5 Å². The smallest absolute Gasteiger partial charge is 0.257 e. The summed E-state index contributed by atoms with van der Waals surface area (Å²) in [5.41, 5.74) is 2.44. The van der Waals surface area contributed by atoms with Gasteiger partial charge in [-0.05, 0) is 49.5 Å². The van der Waals surface area contributed by atoms with Crippen molar-refractivity contribution in [3.8, 4) is 11.5 Å². The molecule has 0 atom stereocenters. The fraction of sp³-hybridized carbons (Fsp3) is 0.412. The van der Waals surface area contributed by atoms with E-state index in [0.717, 1.165) is 35.6 Å². The molecule has 23 heavy (non-hydrogen) atoms. The summed E-state index contributed by atoms with van der Waals surface area (Å²) in [5, 5.41) is 1.83. The molecular formula is C17H20N2O3S. The first kappa shape index (κ1) is 15.8. The van der Waals surface area contributed by atoms with E-state index in [1.807, 2.05) is 35.4 Å². The van der Waals surface area contributed by atoms with Gasteiger partial charge in [-0.15, -0.1) is 0 Å². The second-order valence-corrected chi connectivity index (χ2v) is 6.28. The van der Waals surface area contributed by atoms with Gasteiger partial charge in [-0.2, -0.15) is 4.37 Å². The molecule has 0 spiro atoms. The van der Waals surface area contributed by atoms with Crippen molar-refractivity contribution in [3.05, 3.63) is 40.4 Å². The minimum atomic E-state index is 0.0450. The largest absolute Gasteiger partial charge is 0.497 e. The van der Waals surface area contributed by atoms with E-state index in [9.17, 15) is 4.79 Å². The number of rotatable bonds is 6. The molecule has 122 valence electrons. The normalized spacial score (nSPS) is 13.7. The molecule has 1 heterocycles. The van der Waals surface area contributed by atoms with Crippen LogP contribution in [0.3, 0.4) is 0 Å². The van der Waals surface area contributed by atoms with Crippen LogP contribution in [-0.4, -0.2) is 35.4 Å². The second kappa shape index (κ2) is 6.58. The number of amides is 1. The molecule has 1 amide bonds. The Morgan fingerprint density at radius 2 is 2.13 bits per heavy atom. The molecule has 0 radical (unpaired) electrons. The van der Waals surface area contributed by atoms with E-state index in [-0.39, 0.29) is 5.91 Å². The van der Waals surface area contributed by atoms with Crippen molar-refractivity contribution < 1.29 is 14.3 Å². The summed E-state index contributed by atoms with van der Waals surface area (Å²) in [4.78, 5) is 14.8. The van der Waals surface area contributed by atoms with Gasteiger partial charge < -0.3 is 14.4 Å². The standard InChI is InChI=1S/C17H20N2O3S/c1-11-15(10-23-18-11)17(20)19(13-4-5-13)9-12-8-14(21-2)6-7-16(12)22-3/h6-8,10,13H,4-5,9H2,1-3H3. The summed E-state index contributed by atoms with van der Waals surface area (Å²) < 4.78 is 15.0. The minimum absolute atomic E-state index is 0.0450. The topological polar surface area (TPSA) is 51.7 Å². The van der Waals surface area contributed by atoms with E-state index >= 15 is 0 Å². The van der Waals surface area contributed by atoms with Crippen LogP contribution in [0.2, 0.25) is 0 Å². The lowest BCUT2D eigenvalue weighted by Crippen LogP contribution is -2.33. The Morgan fingerprint density at radius 3 is 2.70 bits per heavy atom. The predicted molar refractivity (Wildman–Crippen MR) is 89.3 cm³/mol. The molecule has 1 fully saturated rings. The van der Waals surface area contributed by atoms with Gasteiger partial charge in [0.15, 0.2) is 0 Å². The SMILES string of the molecule is COc1ccc(OC)c(CN(C(=O)c2csnc2C)C2CC2)c1. The van der Waals surface area contributed by atoms with Crippen LogP contribution in [0.4, 0.5) is 0 Å². The highest BCUT2D eigenvalue weighted by atomic mass is 32.1. The first-order valence-corrected chi connectivity index (χ1v) is 8.40. The van der Waals surface area contributed by atoms with E-state index in [1.54, 1.807) is 14.2 Å². The summed E-state index contributed by atoms with van der Waals surface area (Å²) in [6, 6.07) is 5.97. The van der Waals surface area contributed by atoms with Crippen molar-refractivity contribution in [3.63, 3.8) is 0 Å². The zero-order valence-corrected chi connectivity index (χ0v) is 14.4. The number of carbonyl (C=O) groups excluding carboxylic acids is 1. The molecule has 0 aliphatic heterocycles. The van der Waals surface area contributed by atoms with Gasteiger partial charge in [0.05, 0.1) is 32.0 Å². The number of methoxy groups -OCH3 is 2. The molecule has 3 rings (SSSR count). The Kier molecular flexibility index (Phi) is 4.52. The maximum Gasteiger partial charge on any atom is 0.257 e. The number of hydrogen-bond donors (Lipinski definition) is 0. The summed E-state index contributed by atoms with van der Waals surface area (Å²) >= 11 is 1.32. The molecular weight excluding hydrogens is 312 g/mol. The van der Waals surface area contributed by atoms with Crippen LogP contribution in [-0.2, 0) is 6.54 Å². The van der Waals surface area contributed by atoms with Gasteiger partial charge in [-0.25, -0.2) is 0 Å². The minimum Gasteiger partial charge on any atom is -0.497 e. The highest BCUT2D eigenvalue weighted by molar-refractivity contribution is 7.03. The van der Waals surface area contributed by atoms with Gasteiger partial charge in [0.1, 0.15) is 11.5 Å². The highest BCUT2D eigenvalue weighted by Crippen LogP contribution is 2.33. The van der Waals surface area contributed by atoms with Crippen LogP contribution in [0.15, 0.2) is 23.6 Å². The molecule has 1 saturated carbocycles. The van der Waals surface area contributed by atoms with Gasteiger partial charge in [0.25, 0.3) is 5.91 Å². The van der Waals surface area contributed by atoms with Crippen molar-refractivity contribution in [2.45, 2.75) is 32.4 Å². The van der Waals surface area contributed by atoms with Crippen molar-refractivity contribution in [1.82, 2.24) is 9.27 Å². The number of aromatic nitrogens is 1. The molecule has 1 aliphatic carbocycles. The fourth-order valence-electron chi connectivity index (χ4n) is 2.59. The Morgan fingerprint density at radius 1 is 1.35 bits per heavy atom. The number of nitrogens with zero attached hydrogens (tertiary/aromatic N) is 2. The number of hydrogen-bond acceptors (Lipinski definition) is 5. The van der Waals surface area contributed by atoms with Crippen LogP contribution in [0.1, 0.15) is 34.5 Å². The van der Waals surface area contributed by atoms with E-state index in [4.69, 9.17) is 9.47 Å². The van der Waals surface area contributed by atoms with Crippen LogP contribution in [0.25, 0.3) is 0 Å². The highest BCUT2D eigenvalue weighted by Gasteiger charge is 2.34. The van der Waals surface area contributed by atoms with Gasteiger partial charge >= 0.3 is 0 Å². The molecule has 1 aromatic carbocycles. The third kappa shape index (κ3) is 3.32. The Balaban J connectivity index is 1.89. The Labute approximate surface area is 140 Å². The number of aryl methyl sites for hydroxylation is 1. The van der Waals surface area contributed by atoms with Crippen LogP contribution < -0.4 is 9.47 Å². The van der Waals surface area contributed by atoms with Gasteiger partial charge in [-0.1, -0.05) is 0 Å². The van der Waals surface area contributed by atoms with E-state index in [2.05, 4.69) is 4.37 Å². The monoisotopic (exact) mass is 332 g/mol. The third-order valence-corrected chi connectivity index (χ3v) is 4.78. The lowest BCUT2D eigenvalue weighted by atomic mass is 10.1. The predicted octanol–water partition coefficient (Wildman–Crippen LogP) is 3.27. The zero-order chi connectivity index (χ0) is 16.4. The molecule has 0 unspecified atom stereocenters. The summed E-state index contributed by atoms with van der Waals surface area (Å²) in [7, 11) is 3.28. The zero-order valence-electron chi connectivity index (χ0n) is 13.5. The number of carbonyl (C=O) groups is 1. The average Bonchev–Trinajstić information content (AvgIpc) is 3.32. The van der Waals surface area contributed by atoms with Crippen LogP contribution in [0, 0.1) is 6.92 Å².